The fraction of sp³-hybridized carbons (Fsp3) is 0.412. The minimum absolute atomic E-state index is 0.0819. The van der Waals surface area contributed by atoms with Gasteiger partial charge >= 0.3 is 18.0 Å². The molecule has 25 heavy (non-hydrogen) atoms. The van der Waals surface area contributed by atoms with Crippen molar-refractivity contribution in [3.05, 3.63) is 40.4 Å². The highest BCUT2D eigenvalue weighted by Crippen LogP contribution is 2.33. The summed E-state index contributed by atoms with van der Waals surface area (Å²) in [5.41, 5.74) is 0.0244. The molecule has 0 saturated carbocycles. The third-order valence-electron chi connectivity index (χ3n) is 3.86. The lowest BCUT2D eigenvalue weighted by molar-refractivity contribution is -0.137. The van der Waals surface area contributed by atoms with E-state index in [9.17, 15) is 22.8 Å². The second-order valence-electron chi connectivity index (χ2n) is 5.76. The van der Waals surface area contributed by atoms with Crippen LogP contribution < -0.4 is 10.6 Å². The largest absolute Gasteiger partial charge is 0.416 e. The van der Waals surface area contributed by atoms with Crippen molar-refractivity contribution in [2.75, 3.05) is 11.9 Å². The van der Waals surface area contributed by atoms with E-state index in [2.05, 4.69) is 16.7 Å². The number of anilines is 1. The highest BCUT2D eigenvalue weighted by Gasteiger charge is 2.31. The summed E-state index contributed by atoms with van der Waals surface area (Å²) < 4.78 is 38.1. The first-order valence-corrected chi connectivity index (χ1v) is 8.29. The molecule has 136 valence electrons. The monoisotopic (exact) mass is 374 g/mol. The molecule has 2 N–H and O–H groups in total. The number of carbonyl (C=O) groups is 2. The van der Waals surface area contributed by atoms with E-state index in [1.807, 2.05) is 0 Å². The molecule has 2 amide bonds. The summed E-state index contributed by atoms with van der Waals surface area (Å²) in [4.78, 5) is 23.6. The Hall–Kier alpha value is -2.02. The SMILES string of the molecule is O=C(NCCC1=CCCCC1)C(=O)Nc1cc(C(F)(F)F)ccc1Cl. The molecule has 1 aromatic carbocycles. The zero-order valence-corrected chi connectivity index (χ0v) is 14.1. The Morgan fingerprint density at radius 2 is 1.92 bits per heavy atom. The van der Waals surface area contributed by atoms with Crippen LogP contribution in [0.2, 0.25) is 5.02 Å². The number of allylic oxidation sites excluding steroid dienone is 1. The van der Waals surface area contributed by atoms with E-state index in [0.717, 1.165) is 37.8 Å². The van der Waals surface area contributed by atoms with Gasteiger partial charge in [0.25, 0.3) is 0 Å². The quantitative estimate of drug-likeness (QED) is 0.609. The van der Waals surface area contributed by atoms with Gasteiger partial charge in [-0.15, -0.1) is 0 Å². The van der Waals surface area contributed by atoms with Gasteiger partial charge in [-0.3, -0.25) is 9.59 Å². The maximum atomic E-state index is 12.7. The average Bonchev–Trinajstić information content (AvgIpc) is 2.56. The van der Waals surface area contributed by atoms with E-state index in [1.165, 1.54) is 5.57 Å². The van der Waals surface area contributed by atoms with Crippen LogP contribution in [0.1, 0.15) is 37.7 Å². The summed E-state index contributed by atoms with van der Waals surface area (Å²) in [6, 6.07) is 2.52. The predicted molar refractivity (Wildman–Crippen MR) is 89.3 cm³/mol. The van der Waals surface area contributed by atoms with Gasteiger partial charge in [-0.25, -0.2) is 0 Å². The molecule has 1 aromatic rings. The van der Waals surface area contributed by atoms with Crippen LogP contribution in [-0.2, 0) is 15.8 Å². The highest BCUT2D eigenvalue weighted by molar-refractivity contribution is 6.41. The molecule has 0 heterocycles. The maximum absolute atomic E-state index is 12.7. The Morgan fingerprint density at radius 3 is 2.56 bits per heavy atom. The summed E-state index contributed by atoms with van der Waals surface area (Å²) in [7, 11) is 0. The standard InChI is InChI=1S/C17H18ClF3N2O2/c18-13-7-6-12(17(19,20)21)10-14(13)23-16(25)15(24)22-9-8-11-4-2-1-3-5-11/h4,6-7,10H,1-3,5,8-9H2,(H,22,24)(H,23,25). The Bertz CT molecular complexity index is 687. The Balaban J connectivity index is 1.90. The van der Waals surface area contributed by atoms with Crippen molar-refractivity contribution < 1.29 is 22.8 Å². The molecule has 8 heteroatoms. The number of halogens is 4. The van der Waals surface area contributed by atoms with Gasteiger partial charge in [0, 0.05) is 6.54 Å². The van der Waals surface area contributed by atoms with Crippen molar-refractivity contribution in [2.24, 2.45) is 0 Å². The summed E-state index contributed by atoms with van der Waals surface area (Å²) >= 11 is 5.78. The number of hydrogen-bond acceptors (Lipinski definition) is 2. The number of alkyl halides is 3. The van der Waals surface area contributed by atoms with E-state index >= 15 is 0 Å². The lowest BCUT2D eigenvalue weighted by Gasteiger charge is -2.13. The third-order valence-corrected chi connectivity index (χ3v) is 4.19. The summed E-state index contributed by atoms with van der Waals surface area (Å²) in [5.74, 6) is -1.97. The molecule has 4 nitrogen and oxygen atoms in total. The summed E-state index contributed by atoms with van der Waals surface area (Å²) in [6.07, 6.45) is 2.52. The second-order valence-corrected chi connectivity index (χ2v) is 6.17. The zero-order valence-electron chi connectivity index (χ0n) is 13.4. The Kier molecular flexibility index (Phi) is 6.47. The molecular weight excluding hydrogens is 357 g/mol. The van der Waals surface area contributed by atoms with E-state index in [1.54, 1.807) is 0 Å². The van der Waals surface area contributed by atoms with Crippen LogP contribution in [0.3, 0.4) is 0 Å². The molecule has 0 fully saturated rings. The van der Waals surface area contributed by atoms with Gasteiger partial charge < -0.3 is 10.6 Å². The minimum Gasteiger partial charge on any atom is -0.348 e. The van der Waals surface area contributed by atoms with Crippen molar-refractivity contribution in [1.82, 2.24) is 5.32 Å². The van der Waals surface area contributed by atoms with Gasteiger partial charge in [0.05, 0.1) is 16.3 Å². The molecule has 0 atom stereocenters. The maximum Gasteiger partial charge on any atom is 0.416 e. The number of carbonyl (C=O) groups excluding carboxylic acids is 2. The molecule has 0 saturated heterocycles. The van der Waals surface area contributed by atoms with Crippen molar-refractivity contribution in [2.45, 2.75) is 38.3 Å². The molecule has 0 spiro atoms. The number of rotatable bonds is 4. The molecule has 0 radical (unpaired) electrons. The van der Waals surface area contributed by atoms with Crippen molar-refractivity contribution in [1.29, 1.82) is 0 Å². The third kappa shape index (κ3) is 5.77. The van der Waals surface area contributed by atoms with E-state index in [-0.39, 0.29) is 10.7 Å². The van der Waals surface area contributed by atoms with E-state index in [0.29, 0.717) is 19.0 Å². The van der Waals surface area contributed by atoms with Crippen molar-refractivity contribution in [3.8, 4) is 0 Å². The molecule has 0 aromatic heterocycles. The van der Waals surface area contributed by atoms with Gasteiger partial charge in [0.15, 0.2) is 0 Å². The number of hydrogen-bond donors (Lipinski definition) is 2. The molecular formula is C17H18ClF3N2O2. The number of nitrogens with one attached hydrogen (secondary N) is 2. The first-order valence-electron chi connectivity index (χ1n) is 7.91. The molecule has 0 unspecified atom stereocenters. The topological polar surface area (TPSA) is 58.2 Å². The van der Waals surface area contributed by atoms with Crippen LogP contribution >= 0.6 is 11.6 Å². The number of amides is 2. The fourth-order valence-corrected chi connectivity index (χ4v) is 2.69. The van der Waals surface area contributed by atoms with Crippen LogP contribution in [-0.4, -0.2) is 18.4 Å². The van der Waals surface area contributed by atoms with Gasteiger partial charge in [-0.1, -0.05) is 23.3 Å². The zero-order chi connectivity index (χ0) is 18.4. The van der Waals surface area contributed by atoms with Crippen molar-refractivity contribution in [3.63, 3.8) is 0 Å². The second kappa shape index (κ2) is 8.38. The lowest BCUT2D eigenvalue weighted by atomic mass is 9.97. The average molecular weight is 375 g/mol. The lowest BCUT2D eigenvalue weighted by Crippen LogP contribution is -2.36. The van der Waals surface area contributed by atoms with E-state index in [4.69, 9.17) is 11.6 Å². The fourth-order valence-electron chi connectivity index (χ4n) is 2.53. The summed E-state index contributed by atoms with van der Waals surface area (Å²) in [5, 5.41) is 4.49. The molecule has 0 aliphatic heterocycles. The van der Waals surface area contributed by atoms with Crippen LogP contribution in [0.4, 0.5) is 18.9 Å². The smallest absolute Gasteiger partial charge is 0.348 e. The van der Waals surface area contributed by atoms with Gasteiger partial charge in [0.2, 0.25) is 0 Å². The van der Waals surface area contributed by atoms with Crippen LogP contribution in [0.5, 0.6) is 0 Å². The van der Waals surface area contributed by atoms with E-state index < -0.39 is 23.6 Å². The van der Waals surface area contributed by atoms with Crippen LogP contribution in [0, 0.1) is 0 Å². The van der Waals surface area contributed by atoms with Gasteiger partial charge in [-0.2, -0.15) is 13.2 Å². The van der Waals surface area contributed by atoms with Gasteiger partial charge in [-0.05, 0) is 50.3 Å². The molecule has 1 aliphatic rings. The molecule has 2 rings (SSSR count). The predicted octanol–water partition coefficient (Wildman–Crippen LogP) is 4.30. The highest BCUT2D eigenvalue weighted by atomic mass is 35.5. The molecule has 0 bridgehead atoms. The van der Waals surface area contributed by atoms with Crippen molar-refractivity contribution >= 4 is 29.1 Å². The minimum atomic E-state index is -4.57. The first-order chi connectivity index (χ1) is 11.8. The van der Waals surface area contributed by atoms with Crippen LogP contribution in [0.15, 0.2) is 29.8 Å². The number of benzene rings is 1. The Morgan fingerprint density at radius 1 is 1.16 bits per heavy atom. The Labute approximate surface area is 148 Å². The summed E-state index contributed by atoms with van der Waals surface area (Å²) in [6.45, 7) is 0.300. The molecule has 1 aliphatic carbocycles. The normalized spacial score (nSPS) is 14.6. The first kappa shape index (κ1) is 19.3. The van der Waals surface area contributed by atoms with Gasteiger partial charge in [0.1, 0.15) is 0 Å². The van der Waals surface area contributed by atoms with Crippen LogP contribution in [0.25, 0.3) is 0 Å².